The van der Waals surface area contributed by atoms with Crippen LogP contribution in [0.25, 0.3) is 5.65 Å². The van der Waals surface area contributed by atoms with Crippen LogP contribution in [0.3, 0.4) is 0 Å². The molecule has 2 aromatic rings. The van der Waals surface area contributed by atoms with Gasteiger partial charge in [-0.25, -0.2) is 4.79 Å². The lowest BCUT2D eigenvalue weighted by atomic mass is 10.4. The lowest BCUT2D eigenvalue weighted by molar-refractivity contribution is 0.203. The molecule has 0 saturated carbocycles. The predicted octanol–water partition coefficient (Wildman–Crippen LogP) is 0.761. The molecule has 8 heteroatoms. The van der Waals surface area contributed by atoms with Crippen LogP contribution in [-0.4, -0.2) is 32.3 Å². The lowest BCUT2D eigenvalue weighted by Crippen LogP contribution is -2.19. The summed E-state index contributed by atoms with van der Waals surface area (Å²) in [4.78, 5) is 18.8. The molecule has 0 unspecified atom stereocenters. The molecule has 0 radical (unpaired) electrons. The van der Waals surface area contributed by atoms with Crippen LogP contribution < -0.4 is 15.2 Å². The Balaban J connectivity index is 2.28. The molecule has 0 saturated heterocycles. The molecule has 0 bridgehead atoms. The highest BCUT2D eigenvalue weighted by atomic mass is 16.6. The summed E-state index contributed by atoms with van der Waals surface area (Å²) in [7, 11) is 0. The number of hydrogen-bond acceptors (Lipinski definition) is 6. The van der Waals surface area contributed by atoms with Gasteiger partial charge in [-0.3, -0.25) is 0 Å². The van der Waals surface area contributed by atoms with Crippen LogP contribution in [0.2, 0.25) is 0 Å². The zero-order valence-corrected chi connectivity index (χ0v) is 9.87. The largest absolute Gasteiger partial charge is 0.463 e. The molecule has 0 aliphatic heterocycles. The highest BCUT2D eigenvalue weighted by molar-refractivity contribution is 5.67. The van der Waals surface area contributed by atoms with Crippen LogP contribution in [0.15, 0.2) is 12.3 Å². The second kappa shape index (κ2) is 5.30. The molecule has 0 aromatic carbocycles. The Kier molecular flexibility index (Phi) is 3.56. The van der Waals surface area contributed by atoms with Crippen molar-refractivity contribution in [3.8, 4) is 12.0 Å². The minimum absolute atomic E-state index is 0.0657. The summed E-state index contributed by atoms with van der Waals surface area (Å²) in [6.45, 7) is 2.54. The minimum atomic E-state index is -0.968. The lowest BCUT2D eigenvalue weighted by Gasteiger charge is -2.06. The quantitative estimate of drug-likeness (QED) is 0.786. The third-order valence-corrected chi connectivity index (χ3v) is 2.13. The summed E-state index contributed by atoms with van der Waals surface area (Å²) in [6, 6.07) is 1.71. The Labute approximate surface area is 103 Å². The SMILES string of the molecule is CCCCOc1nc(OC(N)=O)n2nccc2n1. The summed E-state index contributed by atoms with van der Waals surface area (Å²) in [6.07, 6.45) is 2.43. The van der Waals surface area contributed by atoms with Gasteiger partial charge in [0.25, 0.3) is 0 Å². The van der Waals surface area contributed by atoms with Gasteiger partial charge in [0.05, 0.1) is 12.8 Å². The van der Waals surface area contributed by atoms with Crippen molar-refractivity contribution in [2.45, 2.75) is 19.8 Å². The number of unbranched alkanes of at least 4 members (excludes halogenated alkanes) is 1. The van der Waals surface area contributed by atoms with Crippen molar-refractivity contribution >= 4 is 11.7 Å². The predicted molar refractivity (Wildman–Crippen MR) is 61.4 cm³/mol. The van der Waals surface area contributed by atoms with Gasteiger partial charge in [-0.05, 0) is 6.42 Å². The second-order valence-electron chi connectivity index (χ2n) is 3.51. The summed E-state index contributed by atoms with van der Waals surface area (Å²) < 4.78 is 11.4. The van der Waals surface area contributed by atoms with E-state index in [2.05, 4.69) is 15.1 Å². The van der Waals surface area contributed by atoms with Gasteiger partial charge in [0.15, 0.2) is 5.65 Å². The van der Waals surface area contributed by atoms with Gasteiger partial charge in [-0.2, -0.15) is 14.6 Å². The highest BCUT2D eigenvalue weighted by Gasteiger charge is 2.12. The van der Waals surface area contributed by atoms with E-state index in [0.29, 0.717) is 12.3 Å². The van der Waals surface area contributed by atoms with Gasteiger partial charge < -0.3 is 15.2 Å². The Morgan fingerprint density at radius 1 is 1.50 bits per heavy atom. The highest BCUT2D eigenvalue weighted by Crippen LogP contribution is 2.14. The minimum Gasteiger partial charge on any atom is -0.463 e. The molecule has 8 nitrogen and oxygen atoms in total. The average molecular weight is 251 g/mol. The molecule has 2 rings (SSSR count). The van der Waals surface area contributed by atoms with Gasteiger partial charge >= 0.3 is 18.1 Å². The zero-order valence-electron chi connectivity index (χ0n) is 9.87. The molecular formula is C10H13N5O3. The number of nitrogens with zero attached hydrogens (tertiary/aromatic N) is 4. The van der Waals surface area contributed by atoms with E-state index in [1.54, 1.807) is 6.07 Å². The number of carbonyl (C=O) groups excluding carboxylic acids is 1. The van der Waals surface area contributed by atoms with Crippen molar-refractivity contribution in [1.82, 2.24) is 19.6 Å². The number of hydrogen-bond donors (Lipinski definition) is 1. The Bertz CT molecular complexity index is 553. The Morgan fingerprint density at radius 3 is 3.06 bits per heavy atom. The maximum absolute atomic E-state index is 10.8. The van der Waals surface area contributed by atoms with E-state index in [0.717, 1.165) is 12.8 Å². The number of aromatic nitrogens is 4. The van der Waals surface area contributed by atoms with E-state index in [1.165, 1.54) is 10.7 Å². The summed E-state index contributed by atoms with van der Waals surface area (Å²) >= 11 is 0. The van der Waals surface area contributed by atoms with E-state index in [4.69, 9.17) is 15.2 Å². The van der Waals surface area contributed by atoms with Gasteiger partial charge in [0.1, 0.15) is 0 Å². The second-order valence-corrected chi connectivity index (χ2v) is 3.51. The van der Waals surface area contributed by atoms with E-state index in [9.17, 15) is 4.79 Å². The number of rotatable bonds is 5. The fourth-order valence-corrected chi connectivity index (χ4v) is 1.31. The fourth-order valence-electron chi connectivity index (χ4n) is 1.31. The van der Waals surface area contributed by atoms with Crippen LogP contribution in [0.5, 0.6) is 12.0 Å². The molecule has 2 heterocycles. The van der Waals surface area contributed by atoms with Crippen molar-refractivity contribution in [1.29, 1.82) is 0 Å². The van der Waals surface area contributed by atoms with Crippen molar-refractivity contribution in [3.05, 3.63) is 12.3 Å². The number of primary amides is 1. The molecule has 2 aromatic heterocycles. The normalized spacial score (nSPS) is 10.5. The van der Waals surface area contributed by atoms with Gasteiger partial charge in [-0.15, -0.1) is 4.98 Å². The third kappa shape index (κ3) is 2.65. The smallest absolute Gasteiger partial charge is 0.412 e. The van der Waals surface area contributed by atoms with Crippen LogP contribution >= 0.6 is 0 Å². The topological polar surface area (TPSA) is 105 Å². The molecule has 18 heavy (non-hydrogen) atoms. The summed E-state index contributed by atoms with van der Waals surface area (Å²) in [5.41, 5.74) is 5.42. The van der Waals surface area contributed by atoms with Gasteiger partial charge in [-0.1, -0.05) is 13.3 Å². The van der Waals surface area contributed by atoms with Crippen LogP contribution in [0.4, 0.5) is 4.79 Å². The summed E-state index contributed by atoms with van der Waals surface area (Å²) in [5.74, 6) is 0. The first-order valence-corrected chi connectivity index (χ1v) is 5.52. The molecule has 0 aliphatic carbocycles. The maximum atomic E-state index is 10.8. The zero-order chi connectivity index (χ0) is 13.0. The molecule has 0 aliphatic rings. The molecular weight excluding hydrogens is 238 g/mol. The van der Waals surface area contributed by atoms with E-state index in [1.807, 2.05) is 6.92 Å². The molecule has 0 spiro atoms. The first-order valence-electron chi connectivity index (χ1n) is 5.52. The van der Waals surface area contributed by atoms with Gasteiger partial charge in [0, 0.05) is 6.07 Å². The fraction of sp³-hybridized carbons (Fsp3) is 0.400. The monoisotopic (exact) mass is 251 g/mol. The van der Waals surface area contributed by atoms with Crippen LogP contribution in [0.1, 0.15) is 19.8 Å². The molecule has 1 amide bonds. The van der Waals surface area contributed by atoms with Gasteiger partial charge in [0.2, 0.25) is 0 Å². The molecule has 2 N–H and O–H groups in total. The van der Waals surface area contributed by atoms with E-state index < -0.39 is 6.09 Å². The molecule has 0 atom stereocenters. The first kappa shape index (κ1) is 12.1. The van der Waals surface area contributed by atoms with E-state index >= 15 is 0 Å². The van der Waals surface area contributed by atoms with Crippen molar-refractivity contribution < 1.29 is 14.3 Å². The number of ether oxygens (including phenoxy) is 2. The third-order valence-electron chi connectivity index (χ3n) is 2.13. The Morgan fingerprint density at radius 2 is 2.33 bits per heavy atom. The number of amides is 1. The van der Waals surface area contributed by atoms with Crippen LogP contribution in [0, 0.1) is 0 Å². The molecule has 96 valence electrons. The number of fused-ring (bicyclic) bond motifs is 1. The standard InChI is InChI=1S/C10H13N5O3/c1-2-3-6-17-9-13-7-4-5-12-15(7)10(14-9)18-8(11)16/h4-5H,2-3,6H2,1H3,(H2,11,16). The first-order chi connectivity index (χ1) is 8.70. The van der Waals surface area contributed by atoms with E-state index in [-0.39, 0.29) is 12.0 Å². The molecule has 0 fully saturated rings. The average Bonchev–Trinajstić information content (AvgIpc) is 2.77. The van der Waals surface area contributed by atoms with Crippen molar-refractivity contribution in [3.63, 3.8) is 0 Å². The van der Waals surface area contributed by atoms with Crippen molar-refractivity contribution in [2.75, 3.05) is 6.61 Å². The summed E-state index contributed by atoms with van der Waals surface area (Å²) in [5, 5.41) is 3.91. The number of nitrogens with two attached hydrogens (primary N) is 1. The number of carbonyl (C=O) groups is 1. The van der Waals surface area contributed by atoms with Crippen LogP contribution in [-0.2, 0) is 0 Å². The van der Waals surface area contributed by atoms with Crippen molar-refractivity contribution in [2.24, 2.45) is 5.73 Å². The Hall–Kier alpha value is -2.38. The maximum Gasteiger partial charge on any atom is 0.412 e.